The lowest BCUT2D eigenvalue weighted by Gasteiger charge is -2.00. The second-order valence-electron chi connectivity index (χ2n) is 5.03. The van der Waals surface area contributed by atoms with Crippen molar-refractivity contribution in [1.29, 1.82) is 0 Å². The van der Waals surface area contributed by atoms with E-state index in [-0.39, 0.29) is 12.5 Å². The van der Waals surface area contributed by atoms with Crippen LogP contribution in [0.2, 0.25) is 5.02 Å². The fourth-order valence-corrected chi connectivity index (χ4v) is 3.49. The van der Waals surface area contributed by atoms with Crippen molar-refractivity contribution in [2.24, 2.45) is 0 Å². The zero-order chi connectivity index (χ0) is 16.7. The van der Waals surface area contributed by atoms with Crippen molar-refractivity contribution in [2.45, 2.75) is 0 Å². The summed E-state index contributed by atoms with van der Waals surface area (Å²) < 4.78 is 11.5. The average molecular weight is 361 g/mol. The Labute approximate surface area is 145 Å². The summed E-state index contributed by atoms with van der Waals surface area (Å²) in [5, 5.41) is 12.1. The zero-order valence-electron chi connectivity index (χ0n) is 12.1. The van der Waals surface area contributed by atoms with E-state index in [0.29, 0.717) is 22.0 Å². The van der Waals surface area contributed by atoms with Crippen LogP contribution in [0.5, 0.6) is 11.5 Å². The quantitative estimate of drug-likeness (QED) is 0.497. The molecule has 6 nitrogen and oxygen atoms in total. The number of ether oxygens (including phenoxy) is 2. The van der Waals surface area contributed by atoms with Gasteiger partial charge in [-0.3, -0.25) is 10.1 Å². The molecule has 1 aliphatic heterocycles. The number of fused-ring (bicyclic) bond motifs is 2. The molecular formula is C16H9ClN2O4S. The highest BCUT2D eigenvalue weighted by Gasteiger charge is 2.17. The van der Waals surface area contributed by atoms with Gasteiger partial charge in [0.15, 0.2) is 11.5 Å². The predicted octanol–water partition coefficient (Wildman–Crippen LogP) is 4.76. The van der Waals surface area contributed by atoms with Gasteiger partial charge >= 0.3 is 0 Å². The number of benzene rings is 2. The fourth-order valence-electron chi connectivity index (χ4n) is 2.37. The van der Waals surface area contributed by atoms with Crippen LogP contribution in [0.15, 0.2) is 30.3 Å². The molecule has 4 rings (SSSR count). The number of nitro benzene ring substituents is 1. The van der Waals surface area contributed by atoms with Crippen molar-refractivity contribution in [3.05, 3.63) is 56.0 Å². The molecule has 1 aromatic heterocycles. The third-order valence-corrected chi connectivity index (χ3v) is 4.75. The van der Waals surface area contributed by atoms with E-state index in [9.17, 15) is 10.1 Å². The number of hydrogen-bond acceptors (Lipinski definition) is 6. The maximum Gasteiger partial charge on any atom is 0.271 e. The van der Waals surface area contributed by atoms with Crippen LogP contribution in [0, 0.1) is 10.1 Å². The van der Waals surface area contributed by atoms with Gasteiger partial charge in [0.2, 0.25) is 6.79 Å². The molecule has 0 atom stereocenters. The molecule has 0 saturated carbocycles. The van der Waals surface area contributed by atoms with Gasteiger partial charge in [0.05, 0.1) is 20.2 Å². The van der Waals surface area contributed by atoms with Gasteiger partial charge in [-0.2, -0.15) is 0 Å². The second kappa shape index (κ2) is 5.77. The van der Waals surface area contributed by atoms with Crippen LogP contribution < -0.4 is 9.47 Å². The standard InChI is InChI=1S/C16H9ClN2O4S/c17-11-5-9(6-13-16(11)23-8-22-13)1-4-15-18-12-7-10(19(20)21)2-3-14(12)24-15/h1-7H,8H2/b4-1+. The van der Waals surface area contributed by atoms with Gasteiger partial charge in [-0.25, -0.2) is 4.98 Å². The lowest BCUT2D eigenvalue weighted by molar-refractivity contribution is -0.384. The molecule has 0 unspecified atom stereocenters. The predicted molar refractivity (Wildman–Crippen MR) is 92.8 cm³/mol. The van der Waals surface area contributed by atoms with E-state index in [1.165, 1.54) is 23.5 Å². The van der Waals surface area contributed by atoms with Crippen molar-refractivity contribution < 1.29 is 14.4 Å². The Morgan fingerprint density at radius 3 is 2.96 bits per heavy atom. The van der Waals surface area contributed by atoms with E-state index in [1.807, 2.05) is 18.2 Å². The first kappa shape index (κ1) is 14.9. The number of nitro groups is 1. The highest BCUT2D eigenvalue weighted by molar-refractivity contribution is 7.19. The Kier molecular flexibility index (Phi) is 3.59. The molecule has 0 N–H and O–H groups in total. The summed E-state index contributed by atoms with van der Waals surface area (Å²) in [7, 11) is 0. The maximum atomic E-state index is 10.8. The second-order valence-corrected chi connectivity index (χ2v) is 6.50. The van der Waals surface area contributed by atoms with Crippen molar-refractivity contribution in [3.8, 4) is 11.5 Å². The molecule has 0 radical (unpaired) electrons. The average Bonchev–Trinajstić information content (AvgIpc) is 3.18. The van der Waals surface area contributed by atoms with Crippen molar-refractivity contribution in [3.63, 3.8) is 0 Å². The van der Waals surface area contributed by atoms with Crippen LogP contribution in [0.4, 0.5) is 5.69 Å². The van der Waals surface area contributed by atoms with Gasteiger partial charge in [-0.15, -0.1) is 11.3 Å². The van der Waals surface area contributed by atoms with E-state index in [0.717, 1.165) is 15.3 Å². The molecule has 2 aromatic carbocycles. The molecule has 0 bridgehead atoms. The maximum absolute atomic E-state index is 10.8. The van der Waals surface area contributed by atoms with Crippen molar-refractivity contribution in [2.75, 3.05) is 6.79 Å². The molecule has 2 heterocycles. The van der Waals surface area contributed by atoms with Crippen LogP contribution in [-0.4, -0.2) is 16.7 Å². The SMILES string of the molecule is O=[N+]([O-])c1ccc2sc(/C=C/c3cc(Cl)c4c(c3)OCO4)nc2c1. The summed E-state index contributed by atoms with van der Waals surface area (Å²) in [5.41, 5.74) is 1.50. The van der Waals surface area contributed by atoms with Gasteiger partial charge in [0.25, 0.3) is 5.69 Å². The van der Waals surface area contributed by atoms with Crippen LogP contribution in [0.25, 0.3) is 22.4 Å². The molecule has 0 spiro atoms. The number of hydrogen-bond donors (Lipinski definition) is 0. The van der Waals surface area contributed by atoms with Crippen LogP contribution >= 0.6 is 22.9 Å². The number of nitrogens with zero attached hydrogens (tertiary/aromatic N) is 2. The fraction of sp³-hybridized carbons (Fsp3) is 0.0625. The molecule has 120 valence electrons. The third kappa shape index (κ3) is 2.68. The summed E-state index contributed by atoms with van der Waals surface area (Å²) in [6, 6.07) is 8.28. The molecule has 0 saturated heterocycles. The van der Waals surface area contributed by atoms with E-state index in [4.69, 9.17) is 21.1 Å². The smallest absolute Gasteiger partial charge is 0.271 e. The molecule has 0 amide bonds. The summed E-state index contributed by atoms with van der Waals surface area (Å²) in [6.45, 7) is 0.166. The molecule has 0 aliphatic carbocycles. The largest absolute Gasteiger partial charge is 0.454 e. The summed E-state index contributed by atoms with van der Waals surface area (Å²) >= 11 is 7.61. The van der Waals surface area contributed by atoms with Gasteiger partial charge in [0.1, 0.15) is 5.01 Å². The van der Waals surface area contributed by atoms with Crippen molar-refractivity contribution >= 4 is 51.0 Å². The molecule has 24 heavy (non-hydrogen) atoms. The number of rotatable bonds is 3. The van der Waals surface area contributed by atoms with Crippen LogP contribution in [-0.2, 0) is 0 Å². The zero-order valence-corrected chi connectivity index (χ0v) is 13.6. The minimum absolute atomic E-state index is 0.0332. The Morgan fingerprint density at radius 1 is 1.25 bits per heavy atom. The molecule has 1 aliphatic rings. The molecule has 0 fully saturated rings. The Morgan fingerprint density at radius 2 is 2.12 bits per heavy atom. The van der Waals surface area contributed by atoms with E-state index < -0.39 is 4.92 Å². The van der Waals surface area contributed by atoms with Crippen molar-refractivity contribution in [1.82, 2.24) is 4.98 Å². The van der Waals surface area contributed by atoms with Gasteiger partial charge in [-0.1, -0.05) is 17.7 Å². The minimum Gasteiger partial charge on any atom is -0.454 e. The summed E-state index contributed by atoms with van der Waals surface area (Å²) in [6.07, 6.45) is 3.70. The number of halogens is 1. The Hall–Kier alpha value is -2.64. The number of aromatic nitrogens is 1. The highest BCUT2D eigenvalue weighted by Crippen LogP contribution is 2.40. The van der Waals surface area contributed by atoms with E-state index in [1.54, 1.807) is 12.1 Å². The first-order valence-corrected chi connectivity index (χ1v) is 8.12. The lowest BCUT2D eigenvalue weighted by Crippen LogP contribution is -1.93. The van der Waals surface area contributed by atoms with Gasteiger partial charge in [0, 0.05) is 12.1 Å². The molecule has 8 heteroatoms. The monoisotopic (exact) mass is 360 g/mol. The lowest BCUT2D eigenvalue weighted by atomic mass is 10.2. The van der Waals surface area contributed by atoms with Gasteiger partial charge < -0.3 is 9.47 Å². The molecule has 3 aromatic rings. The summed E-state index contributed by atoms with van der Waals surface area (Å²) in [4.78, 5) is 14.8. The van der Waals surface area contributed by atoms with E-state index >= 15 is 0 Å². The summed E-state index contributed by atoms with van der Waals surface area (Å²) in [5.74, 6) is 1.17. The topological polar surface area (TPSA) is 74.5 Å². The Balaban J connectivity index is 1.65. The highest BCUT2D eigenvalue weighted by atomic mass is 35.5. The first-order valence-electron chi connectivity index (χ1n) is 6.92. The van der Waals surface area contributed by atoms with Crippen LogP contribution in [0.1, 0.15) is 10.6 Å². The number of non-ortho nitro benzene ring substituents is 1. The third-order valence-electron chi connectivity index (χ3n) is 3.47. The minimum atomic E-state index is -0.428. The molecular weight excluding hydrogens is 352 g/mol. The first-order chi connectivity index (χ1) is 11.6. The Bertz CT molecular complexity index is 999. The van der Waals surface area contributed by atoms with E-state index in [2.05, 4.69) is 4.98 Å². The van der Waals surface area contributed by atoms with Gasteiger partial charge in [-0.05, 0) is 29.8 Å². The van der Waals surface area contributed by atoms with Crippen LogP contribution in [0.3, 0.4) is 0 Å². The number of thiazole rings is 1. The normalized spacial score (nSPS) is 13.0.